The monoisotopic (exact) mass is 666 g/mol. The van der Waals surface area contributed by atoms with Crippen molar-refractivity contribution in [2.45, 2.75) is 91.3 Å². The molecule has 2 aliphatic carbocycles. The first-order valence-electron chi connectivity index (χ1n) is 16.9. The van der Waals surface area contributed by atoms with Gasteiger partial charge in [0.2, 0.25) is 5.91 Å². The summed E-state index contributed by atoms with van der Waals surface area (Å²) in [6.45, 7) is 12.1. The highest BCUT2D eigenvalue weighted by Gasteiger charge is 2.33. The summed E-state index contributed by atoms with van der Waals surface area (Å²) in [6, 6.07) is 8.77. The molecule has 0 radical (unpaired) electrons. The molecule has 2 heterocycles. The van der Waals surface area contributed by atoms with Gasteiger partial charge in [0.05, 0.1) is 27.3 Å². The molecule has 0 atom stereocenters. The number of hydrogen-bond donors (Lipinski definition) is 2. The summed E-state index contributed by atoms with van der Waals surface area (Å²) in [5.74, 6) is 1.47. The van der Waals surface area contributed by atoms with Crippen molar-refractivity contribution in [2.75, 3.05) is 31.1 Å². The standard InChI is InChI=1S/C36H48Cl2N6O2/c1-22-6-9-24(10-7-22)40-34(45)27-18-29-31(20-30(27)44-16-14-43(15-17-44)25-11-12-25)42(5)32(41-29)19-26-28(37)13-8-23(33(26)38)21-39-35(46)36(2,3)4/h8,13,18,20,22,24-25H,6-7,9-12,14-17,19,21H2,1-5H3,(H,39,46)(H,40,45). The van der Waals surface area contributed by atoms with Crippen LogP contribution in [0.1, 0.15) is 93.5 Å². The van der Waals surface area contributed by atoms with Crippen molar-refractivity contribution in [1.29, 1.82) is 0 Å². The molecule has 10 heteroatoms. The highest BCUT2D eigenvalue weighted by Crippen LogP contribution is 2.35. The van der Waals surface area contributed by atoms with Crippen molar-refractivity contribution in [3.63, 3.8) is 0 Å². The maximum absolute atomic E-state index is 13.9. The number of carbonyl (C=O) groups is 2. The molecule has 2 N–H and O–H groups in total. The van der Waals surface area contributed by atoms with E-state index in [0.717, 1.165) is 97.5 Å². The summed E-state index contributed by atoms with van der Waals surface area (Å²) < 4.78 is 2.09. The molecule has 1 aromatic heterocycles. The molecule has 0 bridgehead atoms. The molecule has 3 fully saturated rings. The molecule has 248 valence electrons. The first-order chi connectivity index (χ1) is 21.9. The summed E-state index contributed by atoms with van der Waals surface area (Å²) in [5, 5.41) is 7.45. The Morgan fingerprint density at radius 3 is 2.33 bits per heavy atom. The number of aryl methyl sites for hydroxylation is 1. The molecule has 2 saturated carbocycles. The summed E-state index contributed by atoms with van der Waals surface area (Å²) in [7, 11) is 2.01. The third-order valence-electron chi connectivity index (χ3n) is 10.1. The van der Waals surface area contributed by atoms with Crippen LogP contribution < -0.4 is 15.5 Å². The Hall–Kier alpha value is -2.81. The lowest BCUT2D eigenvalue weighted by Gasteiger charge is -2.37. The Bertz CT molecular complexity index is 1610. The van der Waals surface area contributed by atoms with E-state index in [2.05, 4.69) is 38.0 Å². The van der Waals surface area contributed by atoms with Crippen LogP contribution in [0.4, 0.5) is 5.69 Å². The predicted molar refractivity (Wildman–Crippen MR) is 187 cm³/mol. The molecule has 6 rings (SSSR count). The Kier molecular flexibility index (Phi) is 9.62. The minimum Gasteiger partial charge on any atom is -0.368 e. The lowest BCUT2D eigenvalue weighted by atomic mass is 9.87. The zero-order chi connectivity index (χ0) is 32.7. The van der Waals surface area contributed by atoms with Gasteiger partial charge in [0, 0.05) is 68.7 Å². The van der Waals surface area contributed by atoms with Crippen LogP contribution in [0.2, 0.25) is 10.0 Å². The average molecular weight is 668 g/mol. The van der Waals surface area contributed by atoms with Gasteiger partial charge in [-0.2, -0.15) is 0 Å². The fraction of sp³-hybridized carbons (Fsp3) is 0.583. The van der Waals surface area contributed by atoms with Crippen LogP contribution in [-0.4, -0.2) is 64.5 Å². The molecule has 8 nitrogen and oxygen atoms in total. The first kappa shape index (κ1) is 33.1. The fourth-order valence-electron chi connectivity index (χ4n) is 6.86. The van der Waals surface area contributed by atoms with E-state index in [1.807, 2.05) is 46.0 Å². The number of anilines is 1. The number of benzene rings is 2. The third kappa shape index (κ3) is 7.19. The maximum atomic E-state index is 13.9. The Labute approximate surface area is 283 Å². The van der Waals surface area contributed by atoms with Gasteiger partial charge in [-0.3, -0.25) is 14.5 Å². The number of nitrogens with one attached hydrogen (secondary N) is 2. The minimum atomic E-state index is -0.497. The second-order valence-electron chi connectivity index (χ2n) is 14.7. The van der Waals surface area contributed by atoms with E-state index >= 15 is 0 Å². The van der Waals surface area contributed by atoms with Crippen LogP contribution in [0.25, 0.3) is 11.0 Å². The van der Waals surface area contributed by atoms with Crippen LogP contribution >= 0.6 is 23.2 Å². The molecule has 0 spiro atoms. The normalized spacial score (nSPS) is 21.1. The number of nitrogens with zero attached hydrogens (tertiary/aromatic N) is 4. The van der Waals surface area contributed by atoms with Crippen molar-refractivity contribution in [3.8, 4) is 0 Å². The SMILES string of the molecule is CC1CCC(NC(=O)c2cc3nc(Cc4c(Cl)ccc(CNC(=O)C(C)(C)C)c4Cl)n(C)c3cc2N2CCN(C3CC3)CC2)CC1. The van der Waals surface area contributed by atoms with Gasteiger partial charge >= 0.3 is 0 Å². The summed E-state index contributed by atoms with van der Waals surface area (Å²) >= 11 is 13.6. The number of piperazine rings is 1. The van der Waals surface area contributed by atoms with Crippen molar-refractivity contribution >= 4 is 51.7 Å². The molecule has 2 amide bonds. The van der Waals surface area contributed by atoms with Crippen LogP contribution in [0.5, 0.6) is 0 Å². The molecule has 0 unspecified atom stereocenters. The molecule has 46 heavy (non-hydrogen) atoms. The van der Waals surface area contributed by atoms with Gasteiger partial charge in [0.25, 0.3) is 5.91 Å². The highest BCUT2D eigenvalue weighted by molar-refractivity contribution is 6.36. The molecule has 1 saturated heterocycles. The zero-order valence-corrected chi connectivity index (χ0v) is 29.4. The molecule has 1 aliphatic heterocycles. The lowest BCUT2D eigenvalue weighted by Crippen LogP contribution is -2.48. The van der Waals surface area contributed by atoms with Gasteiger partial charge in [-0.15, -0.1) is 0 Å². The van der Waals surface area contributed by atoms with Crippen LogP contribution in [0, 0.1) is 11.3 Å². The molecular formula is C36H48Cl2N6O2. The number of fused-ring (bicyclic) bond motifs is 1. The topological polar surface area (TPSA) is 82.5 Å². The number of aromatic nitrogens is 2. The van der Waals surface area contributed by atoms with E-state index in [1.54, 1.807) is 0 Å². The third-order valence-corrected chi connectivity index (χ3v) is 11.0. The second kappa shape index (κ2) is 13.4. The van der Waals surface area contributed by atoms with Gasteiger partial charge in [0.15, 0.2) is 0 Å². The molecule has 3 aromatic rings. The summed E-state index contributed by atoms with van der Waals surface area (Å²) in [4.78, 5) is 36.4. The summed E-state index contributed by atoms with van der Waals surface area (Å²) in [5.41, 5.74) is 4.50. The van der Waals surface area contributed by atoms with Crippen LogP contribution in [0.3, 0.4) is 0 Å². The van der Waals surface area contributed by atoms with Crippen LogP contribution in [0.15, 0.2) is 24.3 Å². The van der Waals surface area contributed by atoms with Gasteiger partial charge in [-0.1, -0.05) is 57.0 Å². The zero-order valence-electron chi connectivity index (χ0n) is 27.9. The van der Waals surface area contributed by atoms with E-state index in [4.69, 9.17) is 28.2 Å². The minimum absolute atomic E-state index is 0.00984. The van der Waals surface area contributed by atoms with E-state index < -0.39 is 5.41 Å². The fourth-order valence-corrected chi connectivity index (χ4v) is 7.43. The number of imidazole rings is 1. The Morgan fingerprint density at radius 2 is 1.67 bits per heavy atom. The number of carbonyl (C=O) groups excluding carboxylic acids is 2. The van der Waals surface area contributed by atoms with Crippen LogP contribution in [-0.2, 0) is 24.8 Å². The Balaban J connectivity index is 1.30. The van der Waals surface area contributed by atoms with Crippen molar-refractivity contribution in [1.82, 2.24) is 25.1 Å². The van der Waals surface area contributed by atoms with E-state index in [9.17, 15) is 9.59 Å². The quantitative estimate of drug-likeness (QED) is 0.279. The predicted octanol–water partition coefficient (Wildman–Crippen LogP) is 6.73. The smallest absolute Gasteiger partial charge is 0.253 e. The molecule has 2 aromatic carbocycles. The second-order valence-corrected chi connectivity index (χ2v) is 15.5. The largest absolute Gasteiger partial charge is 0.368 e. The van der Waals surface area contributed by atoms with Gasteiger partial charge in [-0.25, -0.2) is 4.98 Å². The number of hydrogen-bond acceptors (Lipinski definition) is 5. The number of halogens is 2. The van der Waals surface area contributed by atoms with Crippen molar-refractivity contribution < 1.29 is 9.59 Å². The van der Waals surface area contributed by atoms with Gasteiger partial charge < -0.3 is 20.1 Å². The molecule has 3 aliphatic rings. The van der Waals surface area contributed by atoms with Crippen molar-refractivity contribution in [2.24, 2.45) is 18.4 Å². The lowest BCUT2D eigenvalue weighted by molar-refractivity contribution is -0.128. The van der Waals surface area contributed by atoms with E-state index in [-0.39, 0.29) is 17.9 Å². The number of rotatable bonds is 8. The van der Waals surface area contributed by atoms with E-state index in [0.29, 0.717) is 28.6 Å². The van der Waals surface area contributed by atoms with Crippen molar-refractivity contribution in [3.05, 3.63) is 56.8 Å². The highest BCUT2D eigenvalue weighted by atomic mass is 35.5. The summed E-state index contributed by atoms with van der Waals surface area (Å²) in [6.07, 6.45) is 7.39. The number of amides is 2. The van der Waals surface area contributed by atoms with Gasteiger partial charge in [0.1, 0.15) is 5.82 Å². The molecular weight excluding hydrogens is 619 g/mol. The first-order valence-corrected chi connectivity index (χ1v) is 17.7. The average Bonchev–Trinajstić information content (AvgIpc) is 3.83. The Morgan fingerprint density at radius 1 is 0.978 bits per heavy atom. The maximum Gasteiger partial charge on any atom is 0.253 e. The van der Waals surface area contributed by atoms with E-state index in [1.165, 1.54) is 12.8 Å². The van der Waals surface area contributed by atoms with Gasteiger partial charge in [-0.05, 0) is 73.8 Å².